The van der Waals surface area contributed by atoms with Crippen molar-refractivity contribution in [3.63, 3.8) is 0 Å². The van der Waals surface area contributed by atoms with Crippen LogP contribution in [0.15, 0.2) is 0 Å². The van der Waals surface area contributed by atoms with Gasteiger partial charge in [0.05, 0.1) is 6.10 Å². The first-order chi connectivity index (χ1) is 7.10. The fourth-order valence-electron chi connectivity index (χ4n) is 1.43. The summed E-state index contributed by atoms with van der Waals surface area (Å²) in [5.74, 6) is 0.588. The number of alkyl carbamates (subject to hydrolysis) is 1. The monoisotopic (exact) mass is 215 g/mol. The number of hydrogen-bond donors (Lipinski definition) is 1. The first kappa shape index (κ1) is 14.3. The maximum Gasteiger partial charge on any atom is 0.407 e. The highest BCUT2D eigenvalue weighted by Crippen LogP contribution is 2.11. The molecular weight excluding hydrogens is 190 g/mol. The van der Waals surface area contributed by atoms with Crippen molar-refractivity contribution >= 4 is 6.09 Å². The molecule has 3 heteroatoms. The molecule has 90 valence electrons. The summed E-state index contributed by atoms with van der Waals surface area (Å²) < 4.78 is 5.00. The molecule has 0 bridgehead atoms. The van der Waals surface area contributed by atoms with Crippen LogP contribution in [0.2, 0.25) is 0 Å². The Hall–Kier alpha value is -0.730. The normalized spacial score (nSPS) is 12.6. The van der Waals surface area contributed by atoms with Gasteiger partial charge in [0.25, 0.3) is 0 Å². The Balaban J connectivity index is 3.65. The zero-order valence-electron chi connectivity index (χ0n) is 10.5. The summed E-state index contributed by atoms with van der Waals surface area (Å²) in [7, 11) is 0. The molecule has 0 aromatic rings. The maximum absolute atomic E-state index is 11.2. The lowest BCUT2D eigenvalue weighted by Crippen LogP contribution is -2.31. The standard InChI is InChI=1S/C12H25NO2/c1-5-7-8-11(6-2)9-13-12(14)15-10(3)4/h10-11H,5-9H2,1-4H3,(H,13,14). The summed E-state index contributed by atoms with van der Waals surface area (Å²) in [4.78, 5) is 11.2. The topological polar surface area (TPSA) is 38.3 Å². The molecule has 0 aliphatic heterocycles. The smallest absolute Gasteiger partial charge is 0.407 e. The molecule has 0 rings (SSSR count). The van der Waals surface area contributed by atoms with Crippen LogP contribution in [0.25, 0.3) is 0 Å². The molecule has 0 aromatic carbocycles. The van der Waals surface area contributed by atoms with E-state index in [1.165, 1.54) is 19.3 Å². The van der Waals surface area contributed by atoms with Crippen LogP contribution in [0.3, 0.4) is 0 Å². The first-order valence-electron chi connectivity index (χ1n) is 6.04. The summed E-state index contributed by atoms with van der Waals surface area (Å²) in [5, 5.41) is 2.81. The van der Waals surface area contributed by atoms with Gasteiger partial charge < -0.3 is 10.1 Å². The van der Waals surface area contributed by atoms with Crippen LogP contribution in [0.4, 0.5) is 4.79 Å². The molecular formula is C12H25NO2. The molecule has 0 aliphatic rings. The number of nitrogens with one attached hydrogen (secondary N) is 1. The molecule has 0 aliphatic carbocycles. The van der Waals surface area contributed by atoms with E-state index < -0.39 is 0 Å². The Labute approximate surface area is 93.6 Å². The second kappa shape index (κ2) is 8.57. The zero-order valence-corrected chi connectivity index (χ0v) is 10.5. The molecule has 1 amide bonds. The lowest BCUT2D eigenvalue weighted by atomic mass is 10.00. The summed E-state index contributed by atoms with van der Waals surface area (Å²) in [6.07, 6.45) is 4.42. The van der Waals surface area contributed by atoms with Crippen molar-refractivity contribution in [1.29, 1.82) is 0 Å². The third-order valence-corrected chi connectivity index (χ3v) is 2.42. The summed E-state index contributed by atoms with van der Waals surface area (Å²) in [6.45, 7) is 8.80. The SMILES string of the molecule is CCCCC(CC)CNC(=O)OC(C)C. The third kappa shape index (κ3) is 8.28. The lowest BCUT2D eigenvalue weighted by Gasteiger charge is -2.16. The van der Waals surface area contributed by atoms with E-state index in [2.05, 4.69) is 19.2 Å². The molecule has 0 spiro atoms. The molecule has 1 unspecified atom stereocenters. The van der Waals surface area contributed by atoms with E-state index in [0.717, 1.165) is 13.0 Å². The molecule has 1 N–H and O–H groups in total. The quantitative estimate of drug-likeness (QED) is 0.707. The highest BCUT2D eigenvalue weighted by atomic mass is 16.6. The highest BCUT2D eigenvalue weighted by Gasteiger charge is 2.09. The van der Waals surface area contributed by atoms with Crippen LogP contribution in [-0.4, -0.2) is 18.7 Å². The van der Waals surface area contributed by atoms with Gasteiger partial charge in [0.1, 0.15) is 0 Å². The molecule has 0 heterocycles. The van der Waals surface area contributed by atoms with E-state index in [4.69, 9.17) is 4.74 Å². The van der Waals surface area contributed by atoms with Crippen molar-refractivity contribution in [3.8, 4) is 0 Å². The van der Waals surface area contributed by atoms with Gasteiger partial charge in [-0.05, 0) is 26.2 Å². The van der Waals surface area contributed by atoms with E-state index in [1.807, 2.05) is 13.8 Å². The number of hydrogen-bond acceptors (Lipinski definition) is 2. The average molecular weight is 215 g/mol. The Morgan fingerprint density at radius 1 is 1.33 bits per heavy atom. The van der Waals surface area contributed by atoms with Crippen molar-refractivity contribution in [3.05, 3.63) is 0 Å². The fraction of sp³-hybridized carbons (Fsp3) is 0.917. The first-order valence-corrected chi connectivity index (χ1v) is 6.04. The summed E-state index contributed by atoms with van der Waals surface area (Å²) in [6, 6.07) is 0. The van der Waals surface area contributed by atoms with Gasteiger partial charge >= 0.3 is 6.09 Å². The molecule has 0 aromatic heterocycles. The van der Waals surface area contributed by atoms with Crippen molar-refractivity contribution in [2.75, 3.05) is 6.54 Å². The van der Waals surface area contributed by atoms with Gasteiger partial charge in [-0.2, -0.15) is 0 Å². The molecule has 0 saturated heterocycles. The van der Waals surface area contributed by atoms with E-state index >= 15 is 0 Å². The predicted octanol–water partition coefficient (Wildman–Crippen LogP) is 3.34. The van der Waals surface area contributed by atoms with Crippen LogP contribution in [0.1, 0.15) is 53.4 Å². The van der Waals surface area contributed by atoms with E-state index in [-0.39, 0.29) is 12.2 Å². The Morgan fingerprint density at radius 2 is 2.00 bits per heavy atom. The molecule has 1 atom stereocenters. The summed E-state index contributed by atoms with van der Waals surface area (Å²) in [5.41, 5.74) is 0. The van der Waals surface area contributed by atoms with Crippen LogP contribution >= 0.6 is 0 Å². The van der Waals surface area contributed by atoms with Crippen molar-refractivity contribution < 1.29 is 9.53 Å². The minimum Gasteiger partial charge on any atom is -0.447 e. The van der Waals surface area contributed by atoms with Crippen LogP contribution < -0.4 is 5.32 Å². The van der Waals surface area contributed by atoms with Gasteiger partial charge in [-0.1, -0.05) is 33.1 Å². The second-order valence-electron chi connectivity index (χ2n) is 4.25. The Kier molecular flexibility index (Phi) is 8.15. The number of carbonyl (C=O) groups is 1. The summed E-state index contributed by atoms with van der Waals surface area (Å²) >= 11 is 0. The Morgan fingerprint density at radius 3 is 2.47 bits per heavy atom. The highest BCUT2D eigenvalue weighted by molar-refractivity contribution is 5.67. The lowest BCUT2D eigenvalue weighted by molar-refractivity contribution is 0.114. The molecule has 15 heavy (non-hydrogen) atoms. The predicted molar refractivity (Wildman–Crippen MR) is 62.9 cm³/mol. The number of ether oxygens (including phenoxy) is 1. The molecule has 0 radical (unpaired) electrons. The van der Waals surface area contributed by atoms with Crippen LogP contribution in [-0.2, 0) is 4.74 Å². The third-order valence-electron chi connectivity index (χ3n) is 2.42. The van der Waals surface area contributed by atoms with Gasteiger partial charge in [0.15, 0.2) is 0 Å². The number of amides is 1. The van der Waals surface area contributed by atoms with E-state index in [0.29, 0.717) is 5.92 Å². The zero-order chi connectivity index (χ0) is 11.7. The van der Waals surface area contributed by atoms with Gasteiger partial charge in [-0.25, -0.2) is 4.79 Å². The molecule has 3 nitrogen and oxygen atoms in total. The number of carbonyl (C=O) groups excluding carboxylic acids is 1. The Bertz CT molecular complexity index is 169. The number of unbranched alkanes of at least 4 members (excludes halogenated alkanes) is 1. The van der Waals surface area contributed by atoms with E-state index in [9.17, 15) is 4.79 Å². The maximum atomic E-state index is 11.2. The minimum absolute atomic E-state index is 0.0410. The van der Waals surface area contributed by atoms with E-state index in [1.54, 1.807) is 0 Å². The van der Waals surface area contributed by atoms with Crippen LogP contribution in [0.5, 0.6) is 0 Å². The van der Waals surface area contributed by atoms with Crippen molar-refractivity contribution in [1.82, 2.24) is 5.32 Å². The fourth-order valence-corrected chi connectivity index (χ4v) is 1.43. The number of rotatable bonds is 7. The van der Waals surface area contributed by atoms with Crippen LogP contribution in [0, 0.1) is 5.92 Å². The molecule has 0 saturated carbocycles. The van der Waals surface area contributed by atoms with Crippen molar-refractivity contribution in [2.45, 2.75) is 59.5 Å². The van der Waals surface area contributed by atoms with Gasteiger partial charge in [-0.3, -0.25) is 0 Å². The largest absolute Gasteiger partial charge is 0.447 e. The van der Waals surface area contributed by atoms with Gasteiger partial charge in [0, 0.05) is 6.54 Å². The van der Waals surface area contributed by atoms with Gasteiger partial charge in [0.2, 0.25) is 0 Å². The average Bonchev–Trinajstić information content (AvgIpc) is 2.17. The van der Waals surface area contributed by atoms with Gasteiger partial charge in [-0.15, -0.1) is 0 Å². The van der Waals surface area contributed by atoms with Crippen molar-refractivity contribution in [2.24, 2.45) is 5.92 Å². The minimum atomic E-state index is -0.292. The molecule has 0 fully saturated rings. The second-order valence-corrected chi connectivity index (χ2v) is 4.25.